The van der Waals surface area contributed by atoms with Crippen molar-refractivity contribution in [2.24, 2.45) is 0 Å². The third-order valence-electron chi connectivity index (χ3n) is 4.20. The van der Waals surface area contributed by atoms with Crippen LogP contribution in [0.2, 0.25) is 0 Å². The minimum atomic E-state index is -0.632. The number of nitriles is 1. The molecule has 0 N–H and O–H groups in total. The van der Waals surface area contributed by atoms with Gasteiger partial charge in [0, 0.05) is 12.2 Å². The Morgan fingerprint density at radius 1 is 1.11 bits per heavy atom. The average Bonchev–Trinajstić information content (AvgIpc) is 3.13. The van der Waals surface area contributed by atoms with Crippen LogP contribution in [0.5, 0.6) is 11.5 Å². The Balaban J connectivity index is 1.69. The fourth-order valence-electron chi connectivity index (χ4n) is 2.98. The second-order valence-electron chi connectivity index (χ2n) is 6.44. The third-order valence-corrected chi connectivity index (χ3v) is 4.20. The Bertz CT molecular complexity index is 928. The highest BCUT2D eigenvalue weighted by Crippen LogP contribution is 2.32. The molecule has 0 radical (unpaired) electrons. The number of hydrogen-bond donors (Lipinski definition) is 0. The van der Waals surface area contributed by atoms with E-state index in [9.17, 15) is 9.59 Å². The second-order valence-corrected chi connectivity index (χ2v) is 6.44. The maximum atomic E-state index is 12.7. The van der Waals surface area contributed by atoms with Crippen LogP contribution in [0, 0.1) is 25.2 Å². The van der Waals surface area contributed by atoms with Gasteiger partial charge < -0.3 is 19.1 Å². The number of benzene rings is 2. The second kappa shape index (κ2) is 8.44. The standard InChI is InChI=1S/C21H20N2O5/c1-14-8-15(2)10-17(9-14)23(7-3-6-22)20(24)12-26-21(25)16-4-5-18-19(11-16)28-13-27-18/h4-5,8-11H,3,7,12-13H2,1-2H3. The van der Waals surface area contributed by atoms with Crippen molar-refractivity contribution in [2.45, 2.75) is 20.3 Å². The summed E-state index contributed by atoms with van der Waals surface area (Å²) < 4.78 is 15.6. The molecule has 0 unspecified atom stereocenters. The summed E-state index contributed by atoms with van der Waals surface area (Å²) in [4.78, 5) is 26.4. The molecule has 0 atom stereocenters. The van der Waals surface area contributed by atoms with Crippen LogP contribution in [0.15, 0.2) is 36.4 Å². The summed E-state index contributed by atoms with van der Waals surface area (Å²) in [6.07, 6.45) is 0.175. The van der Waals surface area contributed by atoms with E-state index in [0.29, 0.717) is 17.2 Å². The Morgan fingerprint density at radius 3 is 2.54 bits per heavy atom. The quantitative estimate of drug-likeness (QED) is 0.716. The summed E-state index contributed by atoms with van der Waals surface area (Å²) in [6, 6.07) is 12.5. The van der Waals surface area contributed by atoms with Gasteiger partial charge in [-0.1, -0.05) is 6.07 Å². The third kappa shape index (κ3) is 4.41. The van der Waals surface area contributed by atoms with E-state index in [1.165, 1.54) is 11.0 Å². The zero-order chi connectivity index (χ0) is 20.1. The molecule has 3 rings (SSSR count). The van der Waals surface area contributed by atoms with Crippen LogP contribution in [-0.2, 0) is 9.53 Å². The summed E-state index contributed by atoms with van der Waals surface area (Å²) >= 11 is 0. The van der Waals surface area contributed by atoms with E-state index in [4.69, 9.17) is 19.5 Å². The predicted octanol–water partition coefficient (Wildman–Crippen LogP) is 3.14. The van der Waals surface area contributed by atoms with Crippen molar-refractivity contribution < 1.29 is 23.8 Å². The fraction of sp³-hybridized carbons (Fsp3) is 0.286. The molecule has 1 aliphatic rings. The SMILES string of the molecule is Cc1cc(C)cc(N(CCC#N)C(=O)COC(=O)c2ccc3c(c2)OCO3)c1. The van der Waals surface area contributed by atoms with Crippen molar-refractivity contribution in [2.75, 3.05) is 24.8 Å². The van der Waals surface area contributed by atoms with Crippen LogP contribution < -0.4 is 14.4 Å². The van der Waals surface area contributed by atoms with Crippen molar-refractivity contribution in [3.05, 3.63) is 53.1 Å². The molecule has 28 heavy (non-hydrogen) atoms. The summed E-state index contributed by atoms with van der Waals surface area (Å²) in [7, 11) is 0. The van der Waals surface area contributed by atoms with Gasteiger partial charge in [-0.25, -0.2) is 4.79 Å². The van der Waals surface area contributed by atoms with E-state index < -0.39 is 18.5 Å². The van der Waals surface area contributed by atoms with Crippen molar-refractivity contribution >= 4 is 17.6 Å². The van der Waals surface area contributed by atoms with Gasteiger partial charge in [0.1, 0.15) is 0 Å². The molecular formula is C21H20N2O5. The number of anilines is 1. The lowest BCUT2D eigenvalue weighted by Gasteiger charge is -2.22. The zero-order valence-corrected chi connectivity index (χ0v) is 15.7. The van der Waals surface area contributed by atoms with Crippen LogP contribution in [0.4, 0.5) is 5.69 Å². The Labute approximate surface area is 163 Å². The Kier molecular flexibility index (Phi) is 5.80. The van der Waals surface area contributed by atoms with E-state index >= 15 is 0 Å². The number of aryl methyl sites for hydroxylation is 2. The molecule has 1 amide bonds. The number of hydrogen-bond acceptors (Lipinski definition) is 6. The number of fused-ring (bicyclic) bond motifs is 1. The van der Waals surface area contributed by atoms with Crippen LogP contribution in [0.1, 0.15) is 27.9 Å². The molecule has 7 nitrogen and oxygen atoms in total. The van der Waals surface area contributed by atoms with Crippen LogP contribution in [0.3, 0.4) is 0 Å². The fourth-order valence-corrected chi connectivity index (χ4v) is 2.98. The van der Waals surface area contributed by atoms with Gasteiger partial charge in [-0.15, -0.1) is 0 Å². The molecule has 1 aliphatic heterocycles. The molecule has 0 saturated heterocycles. The molecule has 0 aliphatic carbocycles. The van der Waals surface area contributed by atoms with Gasteiger partial charge >= 0.3 is 5.97 Å². The molecule has 0 spiro atoms. The highest BCUT2D eigenvalue weighted by molar-refractivity contribution is 5.97. The van der Waals surface area contributed by atoms with Gasteiger partial charge in [0.25, 0.3) is 5.91 Å². The topological polar surface area (TPSA) is 88.9 Å². The molecule has 2 aromatic carbocycles. The summed E-state index contributed by atoms with van der Waals surface area (Å²) in [5.74, 6) is -0.00145. The van der Waals surface area contributed by atoms with E-state index in [2.05, 4.69) is 0 Å². The first-order valence-corrected chi connectivity index (χ1v) is 8.80. The lowest BCUT2D eigenvalue weighted by Crippen LogP contribution is -2.35. The van der Waals surface area contributed by atoms with Crippen LogP contribution in [-0.4, -0.2) is 31.8 Å². The normalized spacial score (nSPS) is 11.6. The van der Waals surface area contributed by atoms with Gasteiger partial charge in [0.05, 0.1) is 18.1 Å². The van der Waals surface area contributed by atoms with Gasteiger partial charge in [-0.2, -0.15) is 5.26 Å². The number of rotatable bonds is 6. The molecule has 0 aromatic heterocycles. The van der Waals surface area contributed by atoms with Crippen LogP contribution in [0.25, 0.3) is 0 Å². The minimum absolute atomic E-state index is 0.107. The maximum Gasteiger partial charge on any atom is 0.338 e. The largest absolute Gasteiger partial charge is 0.454 e. The predicted molar refractivity (Wildman–Crippen MR) is 101 cm³/mol. The molecular weight excluding hydrogens is 360 g/mol. The Morgan fingerprint density at radius 2 is 1.82 bits per heavy atom. The lowest BCUT2D eigenvalue weighted by molar-refractivity contribution is -0.121. The summed E-state index contributed by atoms with van der Waals surface area (Å²) in [6.45, 7) is 3.77. The highest BCUT2D eigenvalue weighted by Gasteiger charge is 2.20. The van der Waals surface area contributed by atoms with E-state index in [-0.39, 0.29) is 25.3 Å². The average molecular weight is 380 g/mol. The number of carbonyl (C=O) groups excluding carboxylic acids is 2. The number of esters is 1. The Hall–Kier alpha value is -3.53. The van der Waals surface area contributed by atoms with Gasteiger partial charge in [-0.3, -0.25) is 4.79 Å². The zero-order valence-electron chi connectivity index (χ0n) is 15.7. The van der Waals surface area contributed by atoms with Gasteiger partial charge in [0.2, 0.25) is 6.79 Å². The maximum absolute atomic E-state index is 12.7. The van der Waals surface area contributed by atoms with Crippen molar-refractivity contribution in [3.8, 4) is 17.6 Å². The van der Waals surface area contributed by atoms with Crippen molar-refractivity contribution in [3.63, 3.8) is 0 Å². The first kappa shape index (κ1) is 19.2. The smallest absolute Gasteiger partial charge is 0.338 e. The molecule has 7 heteroatoms. The van der Waals surface area contributed by atoms with Crippen molar-refractivity contribution in [1.29, 1.82) is 5.26 Å². The first-order valence-electron chi connectivity index (χ1n) is 8.80. The molecule has 2 aromatic rings. The number of nitrogens with zero attached hydrogens (tertiary/aromatic N) is 2. The minimum Gasteiger partial charge on any atom is -0.454 e. The number of carbonyl (C=O) groups is 2. The summed E-state index contributed by atoms with van der Waals surface area (Å²) in [5, 5.41) is 8.90. The van der Waals surface area contributed by atoms with Crippen molar-refractivity contribution in [1.82, 2.24) is 0 Å². The lowest BCUT2D eigenvalue weighted by atomic mass is 10.1. The molecule has 0 fully saturated rings. The molecule has 144 valence electrons. The van der Waals surface area contributed by atoms with Gasteiger partial charge in [0.15, 0.2) is 18.1 Å². The van der Waals surface area contributed by atoms with E-state index in [0.717, 1.165) is 11.1 Å². The van der Waals surface area contributed by atoms with Crippen LogP contribution >= 0.6 is 0 Å². The number of ether oxygens (including phenoxy) is 3. The summed E-state index contributed by atoms with van der Waals surface area (Å²) in [5.41, 5.74) is 2.95. The molecule has 1 heterocycles. The van der Waals surface area contributed by atoms with E-state index in [1.54, 1.807) is 12.1 Å². The highest BCUT2D eigenvalue weighted by atomic mass is 16.7. The molecule has 0 bridgehead atoms. The monoisotopic (exact) mass is 380 g/mol. The molecule has 0 saturated carbocycles. The number of amides is 1. The van der Waals surface area contributed by atoms with E-state index in [1.807, 2.05) is 38.1 Å². The van der Waals surface area contributed by atoms with Gasteiger partial charge in [-0.05, 0) is 55.3 Å². The first-order chi connectivity index (χ1) is 13.5.